The fraction of sp³-hybridized carbons (Fsp3) is 0.172. The van der Waals surface area contributed by atoms with E-state index in [1.165, 1.54) is 17.0 Å². The van der Waals surface area contributed by atoms with Gasteiger partial charge in [0.2, 0.25) is 0 Å². The van der Waals surface area contributed by atoms with Gasteiger partial charge in [0.1, 0.15) is 0 Å². The second kappa shape index (κ2) is 9.51. The topological polar surface area (TPSA) is 84.7 Å². The molecule has 0 amide bonds. The predicted octanol–water partition coefficient (Wildman–Crippen LogP) is 5.10. The minimum absolute atomic E-state index is 0.117. The number of allylic oxidation sites excluding steroid dienone is 1. The quantitative estimate of drug-likeness (QED) is 0.323. The van der Waals surface area contributed by atoms with E-state index >= 15 is 0 Å². The van der Waals surface area contributed by atoms with Crippen LogP contribution >= 0.6 is 11.3 Å². The summed E-state index contributed by atoms with van der Waals surface area (Å²) in [5.41, 5.74) is 9.91. The molecule has 4 heterocycles. The van der Waals surface area contributed by atoms with Crippen LogP contribution < -0.4 is 10.2 Å². The Morgan fingerprint density at radius 3 is 2.74 bits per heavy atom. The first-order chi connectivity index (χ1) is 18.7. The molecule has 1 fully saturated rings. The Labute approximate surface area is 223 Å². The van der Waals surface area contributed by atoms with E-state index in [0.717, 1.165) is 71.3 Å². The number of imidazole rings is 1. The minimum Gasteiger partial charge on any atom is -0.378 e. The van der Waals surface area contributed by atoms with Gasteiger partial charge in [-0.2, -0.15) is 0 Å². The Kier molecular flexibility index (Phi) is 5.71. The molecule has 3 aromatic heterocycles. The molecule has 7 rings (SSSR count). The summed E-state index contributed by atoms with van der Waals surface area (Å²) in [6.45, 7) is 3.32. The van der Waals surface area contributed by atoms with Crippen LogP contribution in [-0.2, 0) is 16.0 Å². The lowest BCUT2D eigenvalue weighted by molar-refractivity contribution is -0.112. The molecule has 2 aromatic carbocycles. The zero-order valence-electron chi connectivity index (χ0n) is 20.5. The molecular weight excluding hydrogens is 496 g/mol. The number of nitrogens with zero attached hydrogens (tertiary/aromatic N) is 5. The maximum Gasteiger partial charge on any atom is 0.180 e. The van der Waals surface area contributed by atoms with Crippen LogP contribution in [-0.4, -0.2) is 51.4 Å². The van der Waals surface area contributed by atoms with E-state index in [-0.39, 0.29) is 5.78 Å². The molecular formula is C29H24N6O2S. The summed E-state index contributed by atoms with van der Waals surface area (Å²) < 4.78 is 7.44. The third-order valence-corrected chi connectivity index (χ3v) is 7.57. The third kappa shape index (κ3) is 4.25. The number of hydrogen-bond donors (Lipinski definition) is 1. The molecule has 0 unspecified atom stereocenters. The van der Waals surface area contributed by atoms with Crippen molar-refractivity contribution in [1.29, 1.82) is 0 Å². The molecule has 0 radical (unpaired) electrons. The number of fused-ring (bicyclic) bond motifs is 2. The van der Waals surface area contributed by atoms with Gasteiger partial charge in [0.25, 0.3) is 0 Å². The van der Waals surface area contributed by atoms with Gasteiger partial charge in [-0.15, -0.1) is 11.3 Å². The molecule has 1 aliphatic carbocycles. The first-order valence-electron chi connectivity index (χ1n) is 12.5. The monoisotopic (exact) mass is 520 g/mol. The van der Waals surface area contributed by atoms with Crippen molar-refractivity contribution in [2.45, 2.75) is 6.42 Å². The van der Waals surface area contributed by atoms with Gasteiger partial charge in [-0.1, -0.05) is 12.1 Å². The Morgan fingerprint density at radius 2 is 1.92 bits per heavy atom. The first kappa shape index (κ1) is 22.8. The van der Waals surface area contributed by atoms with Gasteiger partial charge < -0.3 is 19.4 Å². The van der Waals surface area contributed by atoms with E-state index in [9.17, 15) is 4.79 Å². The van der Waals surface area contributed by atoms with E-state index < -0.39 is 0 Å². The zero-order chi connectivity index (χ0) is 25.5. The lowest BCUT2D eigenvalue weighted by Crippen LogP contribution is -2.36. The maximum atomic E-state index is 12.8. The van der Waals surface area contributed by atoms with Crippen molar-refractivity contribution in [3.8, 4) is 11.3 Å². The SMILES string of the molecule is O=C1Cc2cc(-c3cn4ccnc4c(Nc4ccc(N5CCOCC5)cc4)n3)ccc2/C1=C\c1cscn1. The predicted molar refractivity (Wildman–Crippen MR) is 150 cm³/mol. The maximum absolute atomic E-state index is 12.8. The van der Waals surface area contributed by atoms with Crippen molar-refractivity contribution < 1.29 is 9.53 Å². The summed E-state index contributed by atoms with van der Waals surface area (Å²) in [6, 6.07) is 14.5. The lowest BCUT2D eigenvalue weighted by atomic mass is 10.0. The van der Waals surface area contributed by atoms with Gasteiger partial charge in [-0.3, -0.25) is 4.79 Å². The van der Waals surface area contributed by atoms with Crippen LogP contribution in [0.2, 0.25) is 0 Å². The molecule has 5 aromatic rings. The van der Waals surface area contributed by atoms with Crippen LogP contribution in [0.15, 0.2) is 71.9 Å². The standard InChI is InChI=1S/C29H24N6O2S/c36-27-14-20-13-19(1-6-24(20)25(27)15-22-17-38-18-31-22)26-16-35-8-7-30-29(35)28(33-26)32-21-2-4-23(5-3-21)34-9-11-37-12-10-34/h1-8,13,15-18H,9-12,14H2,(H,32,33)/b25-15+. The molecule has 188 valence electrons. The molecule has 38 heavy (non-hydrogen) atoms. The second-order valence-corrected chi connectivity index (χ2v) is 10.1. The number of benzene rings is 2. The molecule has 0 atom stereocenters. The fourth-order valence-electron chi connectivity index (χ4n) is 5.05. The van der Waals surface area contributed by atoms with Gasteiger partial charge >= 0.3 is 0 Å². The number of thiazole rings is 1. The lowest BCUT2D eigenvalue weighted by Gasteiger charge is -2.28. The number of carbonyl (C=O) groups is 1. The number of nitrogens with one attached hydrogen (secondary N) is 1. The number of ketones is 1. The highest BCUT2D eigenvalue weighted by molar-refractivity contribution is 7.07. The average molecular weight is 521 g/mol. The van der Waals surface area contributed by atoms with Crippen molar-refractivity contribution in [2.75, 3.05) is 36.5 Å². The van der Waals surface area contributed by atoms with E-state index in [1.54, 1.807) is 11.7 Å². The molecule has 1 saturated heterocycles. The van der Waals surface area contributed by atoms with Crippen LogP contribution in [0.4, 0.5) is 17.2 Å². The van der Waals surface area contributed by atoms with E-state index in [1.807, 2.05) is 40.4 Å². The van der Waals surface area contributed by atoms with Crippen LogP contribution in [0.25, 0.3) is 28.6 Å². The van der Waals surface area contributed by atoms with Crippen LogP contribution in [0.1, 0.15) is 16.8 Å². The number of Topliss-reactive ketones (excluding diaryl/α,β-unsaturated/α-hetero) is 1. The van der Waals surface area contributed by atoms with Crippen molar-refractivity contribution >= 4 is 51.6 Å². The van der Waals surface area contributed by atoms with Gasteiger partial charge in [0, 0.05) is 66.0 Å². The largest absolute Gasteiger partial charge is 0.378 e. The van der Waals surface area contributed by atoms with Crippen LogP contribution in [0.5, 0.6) is 0 Å². The molecule has 1 N–H and O–H groups in total. The second-order valence-electron chi connectivity index (χ2n) is 9.35. The smallest absolute Gasteiger partial charge is 0.180 e. The van der Waals surface area contributed by atoms with E-state index in [2.05, 4.69) is 50.5 Å². The molecule has 0 saturated carbocycles. The number of morpholine rings is 1. The van der Waals surface area contributed by atoms with Crippen molar-refractivity contribution in [1.82, 2.24) is 19.4 Å². The summed E-state index contributed by atoms with van der Waals surface area (Å²) in [4.78, 5) is 28.9. The molecule has 9 heteroatoms. The number of ether oxygens (including phenoxy) is 1. The molecule has 2 aliphatic rings. The van der Waals surface area contributed by atoms with Gasteiger partial charge in [-0.05, 0) is 47.5 Å². The Hall–Kier alpha value is -4.34. The number of anilines is 3. The normalized spacial score (nSPS) is 16.4. The van der Waals surface area contributed by atoms with E-state index in [0.29, 0.717) is 12.2 Å². The zero-order valence-corrected chi connectivity index (χ0v) is 21.3. The van der Waals surface area contributed by atoms with Crippen molar-refractivity contribution in [3.05, 3.63) is 88.8 Å². The summed E-state index contributed by atoms with van der Waals surface area (Å²) >= 11 is 1.52. The minimum atomic E-state index is 0.117. The van der Waals surface area contributed by atoms with Gasteiger partial charge in [0.15, 0.2) is 17.2 Å². The summed E-state index contributed by atoms with van der Waals surface area (Å²) in [5.74, 6) is 0.790. The Bertz CT molecular complexity index is 1670. The van der Waals surface area contributed by atoms with Gasteiger partial charge in [-0.25, -0.2) is 15.0 Å². The third-order valence-electron chi connectivity index (χ3n) is 6.97. The highest BCUT2D eigenvalue weighted by Crippen LogP contribution is 2.35. The number of rotatable bonds is 5. The molecule has 8 nitrogen and oxygen atoms in total. The average Bonchev–Trinajstić information content (AvgIpc) is 3.71. The molecule has 1 aliphatic heterocycles. The Balaban J connectivity index is 1.20. The number of carbonyl (C=O) groups excluding carboxylic acids is 1. The van der Waals surface area contributed by atoms with Crippen molar-refractivity contribution in [2.24, 2.45) is 0 Å². The summed E-state index contributed by atoms with van der Waals surface area (Å²) in [7, 11) is 0. The van der Waals surface area contributed by atoms with Gasteiger partial charge in [0.05, 0.1) is 30.1 Å². The molecule has 0 bridgehead atoms. The highest BCUT2D eigenvalue weighted by Gasteiger charge is 2.25. The highest BCUT2D eigenvalue weighted by atomic mass is 32.1. The van der Waals surface area contributed by atoms with Crippen molar-refractivity contribution in [3.63, 3.8) is 0 Å². The molecule has 0 spiro atoms. The summed E-state index contributed by atoms with van der Waals surface area (Å²) in [6.07, 6.45) is 7.92. The fourth-order valence-corrected chi connectivity index (χ4v) is 5.56. The first-order valence-corrected chi connectivity index (χ1v) is 13.5. The number of hydrogen-bond acceptors (Lipinski definition) is 8. The van der Waals surface area contributed by atoms with E-state index in [4.69, 9.17) is 9.72 Å². The van der Waals surface area contributed by atoms with Crippen LogP contribution in [0.3, 0.4) is 0 Å². The summed E-state index contributed by atoms with van der Waals surface area (Å²) in [5, 5.41) is 5.40. The Morgan fingerprint density at radius 1 is 1.05 bits per heavy atom. The van der Waals surface area contributed by atoms with Crippen LogP contribution in [0, 0.1) is 0 Å². The number of aromatic nitrogens is 4.